The zero-order valence-corrected chi connectivity index (χ0v) is 14.9. The first kappa shape index (κ1) is 17.3. The molecule has 0 N–H and O–H groups in total. The molecule has 2 aromatic rings. The summed E-state index contributed by atoms with van der Waals surface area (Å²) in [6.45, 7) is 2.34. The average Bonchev–Trinajstić information content (AvgIpc) is 3.40. The van der Waals surface area contributed by atoms with Gasteiger partial charge in [-0.25, -0.2) is 0 Å². The van der Waals surface area contributed by atoms with Crippen molar-refractivity contribution in [1.82, 2.24) is 0 Å². The van der Waals surface area contributed by atoms with Crippen LogP contribution in [-0.2, 0) is 18.9 Å². The van der Waals surface area contributed by atoms with Gasteiger partial charge in [0.05, 0.1) is 51.8 Å². The maximum atomic E-state index is 5.65. The average molecular weight is 358 g/mol. The molecule has 2 aliphatic rings. The molecule has 0 saturated carbocycles. The zero-order valence-electron chi connectivity index (χ0n) is 14.9. The van der Waals surface area contributed by atoms with E-state index in [4.69, 9.17) is 28.4 Å². The quantitative estimate of drug-likeness (QED) is 0.816. The Morgan fingerprint density at radius 2 is 1.04 bits per heavy atom. The van der Waals surface area contributed by atoms with Crippen LogP contribution in [0.5, 0.6) is 11.5 Å². The van der Waals surface area contributed by atoms with Crippen molar-refractivity contribution in [2.45, 2.75) is 12.6 Å². The lowest BCUT2D eigenvalue weighted by Crippen LogP contribution is -2.03. The monoisotopic (exact) mass is 358 g/mol. The van der Waals surface area contributed by atoms with Crippen LogP contribution in [-0.4, -0.2) is 40.6 Å². The Hall–Kier alpha value is -2.12. The van der Waals surface area contributed by atoms with Crippen molar-refractivity contribution in [1.29, 1.82) is 0 Å². The number of hydrogen-bond donors (Lipinski definition) is 0. The lowest BCUT2D eigenvalue weighted by Gasteiger charge is -2.17. The van der Waals surface area contributed by atoms with Crippen molar-refractivity contribution in [2.75, 3.05) is 40.6 Å². The van der Waals surface area contributed by atoms with Crippen LogP contribution in [0.1, 0.15) is 23.7 Å². The highest BCUT2D eigenvalue weighted by atomic mass is 16.7. The van der Waals surface area contributed by atoms with Gasteiger partial charge in [0, 0.05) is 0 Å². The van der Waals surface area contributed by atoms with E-state index < -0.39 is 12.6 Å². The molecule has 0 spiro atoms. The van der Waals surface area contributed by atoms with Gasteiger partial charge in [-0.3, -0.25) is 0 Å². The largest absolute Gasteiger partial charge is 0.496 e. The fourth-order valence-corrected chi connectivity index (χ4v) is 3.27. The van der Waals surface area contributed by atoms with Gasteiger partial charge in [-0.15, -0.1) is 0 Å². The molecule has 2 aromatic carbocycles. The van der Waals surface area contributed by atoms with Crippen LogP contribution >= 0.6 is 0 Å². The van der Waals surface area contributed by atoms with E-state index in [1.807, 2.05) is 36.4 Å². The molecule has 26 heavy (non-hydrogen) atoms. The molecule has 0 aromatic heterocycles. The molecule has 2 aliphatic heterocycles. The van der Waals surface area contributed by atoms with Crippen LogP contribution < -0.4 is 9.47 Å². The first-order valence-electron chi connectivity index (χ1n) is 8.63. The van der Waals surface area contributed by atoms with Crippen LogP contribution in [0.2, 0.25) is 0 Å². The molecule has 0 amide bonds. The summed E-state index contributed by atoms with van der Waals surface area (Å²) in [4.78, 5) is 0. The summed E-state index contributed by atoms with van der Waals surface area (Å²) >= 11 is 0. The van der Waals surface area contributed by atoms with Crippen LogP contribution in [0.3, 0.4) is 0 Å². The van der Waals surface area contributed by atoms with E-state index in [1.165, 1.54) is 0 Å². The van der Waals surface area contributed by atoms with E-state index in [2.05, 4.69) is 0 Å². The van der Waals surface area contributed by atoms with Gasteiger partial charge >= 0.3 is 0 Å². The van der Waals surface area contributed by atoms with Crippen LogP contribution in [0.15, 0.2) is 36.4 Å². The highest BCUT2D eigenvalue weighted by Crippen LogP contribution is 2.38. The van der Waals surface area contributed by atoms with E-state index in [9.17, 15) is 0 Å². The molecule has 0 aliphatic carbocycles. The molecule has 0 atom stereocenters. The van der Waals surface area contributed by atoms with Gasteiger partial charge in [-0.2, -0.15) is 0 Å². The summed E-state index contributed by atoms with van der Waals surface area (Å²) in [6.07, 6.45) is -0.798. The van der Waals surface area contributed by atoms with Crippen molar-refractivity contribution in [3.63, 3.8) is 0 Å². The van der Waals surface area contributed by atoms with E-state index in [-0.39, 0.29) is 0 Å². The number of rotatable bonds is 5. The van der Waals surface area contributed by atoms with Gasteiger partial charge in [0.15, 0.2) is 12.6 Å². The number of methoxy groups -OCH3 is 2. The van der Waals surface area contributed by atoms with Crippen molar-refractivity contribution < 1.29 is 28.4 Å². The second kappa shape index (κ2) is 7.63. The predicted molar refractivity (Wildman–Crippen MR) is 94.3 cm³/mol. The second-order valence-electron chi connectivity index (χ2n) is 6.06. The highest BCUT2D eigenvalue weighted by Gasteiger charge is 2.25. The Morgan fingerprint density at radius 1 is 0.654 bits per heavy atom. The topological polar surface area (TPSA) is 55.4 Å². The van der Waals surface area contributed by atoms with Crippen molar-refractivity contribution in [2.24, 2.45) is 0 Å². The SMILES string of the molecule is COc1ccc(-c2ccc(OC)c(C3OCCO3)c2)cc1C1OCCO1. The lowest BCUT2D eigenvalue weighted by atomic mass is 9.99. The zero-order chi connectivity index (χ0) is 17.9. The number of hydrogen-bond acceptors (Lipinski definition) is 6. The second-order valence-corrected chi connectivity index (χ2v) is 6.06. The fourth-order valence-electron chi connectivity index (χ4n) is 3.27. The molecule has 138 valence electrons. The maximum Gasteiger partial charge on any atom is 0.187 e. The molecular formula is C20H22O6. The summed E-state index contributed by atoms with van der Waals surface area (Å²) in [7, 11) is 3.29. The Kier molecular flexibility index (Phi) is 5.08. The summed E-state index contributed by atoms with van der Waals surface area (Å²) in [6, 6.07) is 12.0. The molecule has 6 heteroatoms. The highest BCUT2D eigenvalue weighted by molar-refractivity contribution is 5.68. The molecule has 0 unspecified atom stereocenters. The summed E-state index contributed by atoms with van der Waals surface area (Å²) < 4.78 is 33.5. The smallest absolute Gasteiger partial charge is 0.187 e. The minimum absolute atomic E-state index is 0.399. The first-order valence-corrected chi connectivity index (χ1v) is 8.63. The van der Waals surface area contributed by atoms with Crippen molar-refractivity contribution >= 4 is 0 Å². The van der Waals surface area contributed by atoms with E-state index >= 15 is 0 Å². The normalized spacial score (nSPS) is 18.4. The minimum atomic E-state index is -0.399. The van der Waals surface area contributed by atoms with Gasteiger partial charge in [0.25, 0.3) is 0 Å². The minimum Gasteiger partial charge on any atom is -0.496 e. The van der Waals surface area contributed by atoms with Gasteiger partial charge < -0.3 is 28.4 Å². The summed E-state index contributed by atoms with van der Waals surface area (Å²) in [5.74, 6) is 1.49. The van der Waals surface area contributed by atoms with Gasteiger partial charge in [0.2, 0.25) is 0 Å². The van der Waals surface area contributed by atoms with Crippen LogP contribution in [0.4, 0.5) is 0 Å². The maximum absolute atomic E-state index is 5.65. The Morgan fingerprint density at radius 3 is 1.38 bits per heavy atom. The predicted octanol–water partition coefficient (Wildman–Crippen LogP) is 3.46. The third-order valence-electron chi connectivity index (χ3n) is 4.54. The lowest BCUT2D eigenvalue weighted by molar-refractivity contribution is -0.0457. The van der Waals surface area contributed by atoms with Crippen LogP contribution in [0, 0.1) is 0 Å². The third kappa shape index (κ3) is 3.29. The van der Waals surface area contributed by atoms with Gasteiger partial charge in [-0.05, 0) is 35.4 Å². The van der Waals surface area contributed by atoms with Gasteiger partial charge in [-0.1, -0.05) is 12.1 Å². The molecule has 0 bridgehead atoms. The van der Waals surface area contributed by atoms with Gasteiger partial charge in [0.1, 0.15) is 11.5 Å². The fraction of sp³-hybridized carbons (Fsp3) is 0.400. The van der Waals surface area contributed by atoms with Crippen molar-refractivity contribution in [3.05, 3.63) is 47.5 Å². The van der Waals surface area contributed by atoms with E-state index in [0.29, 0.717) is 26.4 Å². The first-order chi connectivity index (χ1) is 12.8. The Balaban J connectivity index is 1.72. The van der Waals surface area contributed by atoms with E-state index in [1.54, 1.807) is 14.2 Å². The number of benzene rings is 2. The van der Waals surface area contributed by atoms with Crippen molar-refractivity contribution in [3.8, 4) is 22.6 Å². The summed E-state index contributed by atoms with van der Waals surface area (Å²) in [5.41, 5.74) is 3.82. The molecule has 2 fully saturated rings. The molecule has 2 saturated heterocycles. The molecule has 4 rings (SSSR count). The Labute approximate surface area is 152 Å². The summed E-state index contributed by atoms with van der Waals surface area (Å²) in [5, 5.41) is 0. The third-order valence-corrected chi connectivity index (χ3v) is 4.54. The van der Waals surface area contributed by atoms with E-state index in [0.717, 1.165) is 33.8 Å². The molecular weight excluding hydrogens is 336 g/mol. The van der Waals surface area contributed by atoms with Crippen LogP contribution in [0.25, 0.3) is 11.1 Å². The molecule has 0 radical (unpaired) electrons. The molecule has 6 nitrogen and oxygen atoms in total. The Bertz CT molecular complexity index is 697. The molecule has 2 heterocycles. The number of ether oxygens (including phenoxy) is 6. The standard InChI is InChI=1S/C20H22O6/c1-21-17-5-3-13(11-15(17)19-23-7-8-24-19)14-4-6-18(22-2)16(12-14)20-25-9-10-26-20/h3-6,11-12,19-20H,7-10H2,1-2H3.